The van der Waals surface area contributed by atoms with Gasteiger partial charge in [-0.15, -0.1) is 0 Å². The van der Waals surface area contributed by atoms with E-state index in [9.17, 15) is 9.18 Å². The zero-order valence-electron chi connectivity index (χ0n) is 20.2. The van der Waals surface area contributed by atoms with Gasteiger partial charge in [-0.2, -0.15) is 10.2 Å². The summed E-state index contributed by atoms with van der Waals surface area (Å²) in [5.74, 6) is -0.350. The molecule has 0 fully saturated rings. The van der Waals surface area contributed by atoms with E-state index in [2.05, 4.69) is 51.0 Å². The van der Waals surface area contributed by atoms with E-state index in [0.29, 0.717) is 31.4 Å². The van der Waals surface area contributed by atoms with Crippen LogP contribution in [0.25, 0.3) is 5.57 Å². The molecule has 1 aliphatic carbocycles. The molecule has 1 aromatic rings. The lowest BCUT2D eigenvalue weighted by Crippen LogP contribution is -2.58. The summed E-state index contributed by atoms with van der Waals surface area (Å²) in [6, 6.07) is 8.36. The van der Waals surface area contributed by atoms with Gasteiger partial charge in [0, 0.05) is 35.9 Å². The highest BCUT2D eigenvalue weighted by Crippen LogP contribution is 2.51. The van der Waals surface area contributed by atoms with Gasteiger partial charge >= 0.3 is 0 Å². The number of carbonyl (C=O) groups is 1. The van der Waals surface area contributed by atoms with Crippen LogP contribution in [0.3, 0.4) is 0 Å². The average molecular weight is 470 g/mol. The minimum Gasteiger partial charge on any atom is -0.362 e. The minimum absolute atomic E-state index is 0.0567. The Morgan fingerprint density at radius 3 is 2.89 bits per heavy atom. The third kappa shape index (κ3) is 3.21. The molecule has 0 aromatic heterocycles. The fraction of sp³-hybridized carbons (Fsp3) is 0.357. The summed E-state index contributed by atoms with van der Waals surface area (Å²) in [5, 5.41) is 15.4. The first-order valence-corrected chi connectivity index (χ1v) is 12.2. The predicted molar refractivity (Wildman–Crippen MR) is 134 cm³/mol. The summed E-state index contributed by atoms with van der Waals surface area (Å²) in [5.41, 5.74) is 6.16. The average Bonchev–Trinajstić information content (AvgIpc) is 3.31. The first kappa shape index (κ1) is 21.9. The second kappa shape index (κ2) is 7.70. The number of amides is 1. The summed E-state index contributed by atoms with van der Waals surface area (Å²) < 4.78 is 14.5. The number of aliphatic imine (C=N–C) groups is 1. The second-order valence-electron chi connectivity index (χ2n) is 10.3. The maximum Gasteiger partial charge on any atom is 0.250 e. The van der Waals surface area contributed by atoms with Crippen molar-refractivity contribution in [2.75, 3.05) is 0 Å². The van der Waals surface area contributed by atoms with Crippen molar-refractivity contribution in [3.8, 4) is 0 Å². The number of benzene rings is 1. The van der Waals surface area contributed by atoms with E-state index in [1.807, 2.05) is 32.2 Å². The molecule has 0 radical (unpaired) electrons. The van der Waals surface area contributed by atoms with Gasteiger partial charge in [0.05, 0.1) is 17.2 Å². The van der Waals surface area contributed by atoms with Crippen molar-refractivity contribution in [2.45, 2.75) is 63.6 Å². The quantitative estimate of drug-likeness (QED) is 0.610. The van der Waals surface area contributed by atoms with Gasteiger partial charge in [-0.1, -0.05) is 37.3 Å². The van der Waals surface area contributed by atoms with Crippen LogP contribution in [-0.2, 0) is 10.2 Å². The number of halogens is 1. The Bertz CT molecular complexity index is 1370. The van der Waals surface area contributed by atoms with Gasteiger partial charge in [-0.05, 0) is 55.0 Å². The number of carbonyl (C=O) groups excluding carboxylic acids is 1. The number of allylic oxidation sites excluding steroid dienone is 5. The van der Waals surface area contributed by atoms with Crippen molar-refractivity contribution < 1.29 is 9.18 Å². The van der Waals surface area contributed by atoms with E-state index in [1.165, 1.54) is 6.08 Å². The van der Waals surface area contributed by atoms with E-state index in [1.54, 1.807) is 6.21 Å². The maximum absolute atomic E-state index is 14.5. The highest BCUT2D eigenvalue weighted by Gasteiger charge is 2.53. The van der Waals surface area contributed by atoms with Crippen molar-refractivity contribution >= 4 is 17.7 Å². The Morgan fingerprint density at radius 2 is 2.06 bits per heavy atom. The van der Waals surface area contributed by atoms with Crippen LogP contribution >= 0.6 is 0 Å². The largest absolute Gasteiger partial charge is 0.362 e. The zero-order valence-corrected chi connectivity index (χ0v) is 20.2. The molecule has 7 heteroatoms. The Kier molecular flexibility index (Phi) is 4.82. The lowest BCUT2D eigenvalue weighted by atomic mass is 9.62. The molecule has 0 bridgehead atoms. The van der Waals surface area contributed by atoms with Gasteiger partial charge in [0.15, 0.2) is 6.17 Å². The van der Waals surface area contributed by atoms with E-state index >= 15 is 0 Å². The summed E-state index contributed by atoms with van der Waals surface area (Å²) >= 11 is 0. The molecule has 1 amide bonds. The molecule has 5 aliphatic rings. The summed E-state index contributed by atoms with van der Waals surface area (Å²) in [4.78, 5) is 18.0. The molecule has 2 N–H and O–H groups in total. The first-order valence-electron chi connectivity index (χ1n) is 12.2. The molecule has 0 spiro atoms. The normalized spacial score (nSPS) is 28.4. The molecule has 0 saturated carbocycles. The Morgan fingerprint density at radius 1 is 1.20 bits per heavy atom. The number of dihydropyridines is 1. The van der Waals surface area contributed by atoms with Crippen molar-refractivity contribution in [1.82, 2.24) is 10.6 Å². The van der Waals surface area contributed by atoms with Gasteiger partial charge in [-0.25, -0.2) is 4.39 Å². The molecule has 0 saturated heterocycles. The van der Waals surface area contributed by atoms with Crippen LogP contribution in [0.15, 0.2) is 91.8 Å². The van der Waals surface area contributed by atoms with Crippen molar-refractivity contribution in [2.24, 2.45) is 15.2 Å². The third-order valence-electron chi connectivity index (χ3n) is 7.72. The second-order valence-corrected chi connectivity index (χ2v) is 10.3. The lowest BCUT2D eigenvalue weighted by Gasteiger charge is -2.48. The van der Waals surface area contributed by atoms with Crippen LogP contribution < -0.4 is 10.6 Å². The van der Waals surface area contributed by atoms with E-state index in [0.717, 1.165) is 39.1 Å². The first-order chi connectivity index (χ1) is 16.8. The SMILES string of the molecule is CC[C@]1(c2cccc(C3=C4CC=CC(F)=C4N=CC3)c2)C2=CN=NC2NC2=C1C(=O)NC(C)(C)C2. The molecule has 4 heterocycles. The van der Waals surface area contributed by atoms with Gasteiger partial charge < -0.3 is 10.6 Å². The highest BCUT2D eigenvalue weighted by atomic mass is 19.1. The summed E-state index contributed by atoms with van der Waals surface area (Å²) in [6.45, 7) is 6.18. The van der Waals surface area contributed by atoms with Gasteiger partial charge in [-0.3, -0.25) is 9.79 Å². The number of hydrogen-bond donors (Lipinski definition) is 2. The highest BCUT2D eigenvalue weighted by molar-refractivity contribution is 6.00. The molecule has 6 rings (SSSR count). The lowest BCUT2D eigenvalue weighted by molar-refractivity contribution is -0.120. The fourth-order valence-electron chi connectivity index (χ4n) is 6.23. The predicted octanol–water partition coefficient (Wildman–Crippen LogP) is 5.54. The van der Waals surface area contributed by atoms with Crippen LogP contribution in [0, 0.1) is 0 Å². The van der Waals surface area contributed by atoms with E-state index < -0.39 is 5.41 Å². The van der Waals surface area contributed by atoms with Crippen LogP contribution in [0.5, 0.6) is 0 Å². The third-order valence-corrected chi connectivity index (χ3v) is 7.72. The summed E-state index contributed by atoms with van der Waals surface area (Å²) in [6.07, 6.45) is 9.33. The van der Waals surface area contributed by atoms with Crippen LogP contribution in [0.4, 0.5) is 4.39 Å². The molecule has 4 aliphatic heterocycles. The van der Waals surface area contributed by atoms with Gasteiger partial charge in [0.2, 0.25) is 0 Å². The summed E-state index contributed by atoms with van der Waals surface area (Å²) in [7, 11) is 0. The molecular weight excluding hydrogens is 441 g/mol. The smallest absolute Gasteiger partial charge is 0.250 e. The minimum atomic E-state index is -0.657. The Labute approximate surface area is 204 Å². The number of rotatable bonds is 3. The van der Waals surface area contributed by atoms with Crippen LogP contribution in [0.1, 0.15) is 57.6 Å². The van der Waals surface area contributed by atoms with Crippen molar-refractivity contribution in [3.63, 3.8) is 0 Å². The number of nitrogens with zero attached hydrogens (tertiary/aromatic N) is 3. The van der Waals surface area contributed by atoms with Gasteiger partial charge in [0.25, 0.3) is 5.91 Å². The maximum atomic E-state index is 14.5. The molecule has 35 heavy (non-hydrogen) atoms. The van der Waals surface area contributed by atoms with E-state index in [4.69, 9.17) is 0 Å². The molecule has 1 aromatic carbocycles. The van der Waals surface area contributed by atoms with E-state index in [-0.39, 0.29) is 23.4 Å². The van der Waals surface area contributed by atoms with Gasteiger partial charge in [0.1, 0.15) is 11.5 Å². The number of hydrogen-bond acceptors (Lipinski definition) is 5. The molecule has 178 valence electrons. The number of azo groups is 1. The fourth-order valence-corrected chi connectivity index (χ4v) is 6.23. The standard InChI is InChI=1S/C28H28FN5O/c1-4-28(20-15-31-34-25(20)32-22-14-27(2,3)33-26(35)23(22)28)17-8-5-7-16(13-17)18-11-12-30-24-19(18)9-6-10-21(24)29/h5-8,10,12-13,15,25,32H,4,9,11,14H2,1-3H3,(H,33,35)/t25?,28-/m0/s1. The number of fused-ring (bicyclic) bond motifs is 2. The topological polar surface area (TPSA) is 78.2 Å². The van der Waals surface area contributed by atoms with Crippen molar-refractivity contribution in [3.05, 3.63) is 87.7 Å². The Hall–Kier alpha value is -3.61. The molecule has 2 atom stereocenters. The van der Waals surface area contributed by atoms with Crippen LogP contribution in [-0.4, -0.2) is 23.8 Å². The zero-order chi connectivity index (χ0) is 24.4. The molecular formula is C28H28FN5O. The Balaban J connectivity index is 1.55. The number of nitrogens with one attached hydrogen (secondary N) is 2. The van der Waals surface area contributed by atoms with Crippen LogP contribution in [0.2, 0.25) is 0 Å². The molecule has 1 unspecified atom stereocenters. The molecule has 6 nitrogen and oxygen atoms in total. The monoisotopic (exact) mass is 469 g/mol. The van der Waals surface area contributed by atoms with Crippen molar-refractivity contribution in [1.29, 1.82) is 0 Å².